The lowest BCUT2D eigenvalue weighted by atomic mass is 10.1. The van der Waals surface area contributed by atoms with Gasteiger partial charge in [-0.25, -0.2) is 4.39 Å². The van der Waals surface area contributed by atoms with Crippen LogP contribution < -0.4 is 10.7 Å². The molecule has 6 heteroatoms. The van der Waals surface area contributed by atoms with Crippen LogP contribution in [0.5, 0.6) is 0 Å². The number of aromatic nitrogens is 2. The van der Waals surface area contributed by atoms with Crippen molar-refractivity contribution in [1.82, 2.24) is 9.55 Å². The second-order valence-electron chi connectivity index (χ2n) is 5.02. The molecule has 116 valence electrons. The molecule has 0 radical (unpaired) electrons. The smallest absolute Gasteiger partial charge is 0.261 e. The van der Waals surface area contributed by atoms with Gasteiger partial charge in [-0.1, -0.05) is 0 Å². The summed E-state index contributed by atoms with van der Waals surface area (Å²) in [7, 11) is 0. The van der Waals surface area contributed by atoms with E-state index >= 15 is 0 Å². The summed E-state index contributed by atoms with van der Waals surface area (Å²) in [6.07, 6.45) is 4.56. The number of aryl methyl sites for hydroxylation is 1. The first-order chi connectivity index (χ1) is 11.1. The molecule has 3 rings (SSSR count). The van der Waals surface area contributed by atoms with Gasteiger partial charge in [0.15, 0.2) is 0 Å². The number of hydrogen-bond donors (Lipinski definition) is 1. The van der Waals surface area contributed by atoms with E-state index in [1.165, 1.54) is 18.5 Å². The molecule has 1 N–H and O–H groups in total. The molecular weight excluding hydrogens is 297 g/mol. The van der Waals surface area contributed by atoms with E-state index < -0.39 is 17.2 Å². The Morgan fingerprint density at radius 2 is 2.17 bits per heavy atom. The Bertz CT molecular complexity index is 936. The van der Waals surface area contributed by atoms with Crippen LogP contribution in [0, 0.1) is 5.82 Å². The Morgan fingerprint density at radius 1 is 1.35 bits per heavy atom. The fraction of sp³-hybridized carbons (Fsp3) is 0.118. The van der Waals surface area contributed by atoms with Crippen molar-refractivity contribution in [3.63, 3.8) is 0 Å². The zero-order chi connectivity index (χ0) is 16.4. The number of benzene rings is 1. The van der Waals surface area contributed by atoms with Crippen LogP contribution in [0.15, 0.2) is 53.7 Å². The van der Waals surface area contributed by atoms with Crippen molar-refractivity contribution < 1.29 is 9.18 Å². The third kappa shape index (κ3) is 2.83. The van der Waals surface area contributed by atoms with Gasteiger partial charge in [-0.2, -0.15) is 0 Å². The summed E-state index contributed by atoms with van der Waals surface area (Å²) in [5.41, 5.74) is 0.551. The molecule has 1 amide bonds. The Labute approximate surface area is 131 Å². The predicted molar refractivity (Wildman–Crippen MR) is 86.0 cm³/mol. The third-order valence-electron chi connectivity index (χ3n) is 3.55. The number of pyridine rings is 2. The number of halogens is 1. The molecule has 1 aromatic carbocycles. The van der Waals surface area contributed by atoms with E-state index in [1.54, 1.807) is 29.0 Å². The summed E-state index contributed by atoms with van der Waals surface area (Å²) < 4.78 is 15.2. The normalized spacial score (nSPS) is 10.7. The average Bonchev–Trinajstić information content (AvgIpc) is 2.56. The van der Waals surface area contributed by atoms with Crippen LogP contribution in [-0.4, -0.2) is 15.5 Å². The van der Waals surface area contributed by atoms with E-state index in [9.17, 15) is 14.0 Å². The molecule has 0 atom stereocenters. The molecule has 0 spiro atoms. The van der Waals surface area contributed by atoms with E-state index in [2.05, 4.69) is 10.3 Å². The van der Waals surface area contributed by atoms with Crippen LogP contribution in [0.1, 0.15) is 17.3 Å². The van der Waals surface area contributed by atoms with E-state index in [0.717, 1.165) is 6.07 Å². The molecule has 23 heavy (non-hydrogen) atoms. The summed E-state index contributed by atoms with van der Waals surface area (Å²) in [5, 5.41) is 2.81. The summed E-state index contributed by atoms with van der Waals surface area (Å²) in [5.74, 6) is -1.06. The molecule has 0 bridgehead atoms. The lowest BCUT2D eigenvalue weighted by molar-refractivity contribution is 0.102. The van der Waals surface area contributed by atoms with Gasteiger partial charge in [-0.05, 0) is 37.3 Å². The molecule has 0 aliphatic rings. The number of hydrogen-bond acceptors (Lipinski definition) is 3. The van der Waals surface area contributed by atoms with Crippen molar-refractivity contribution in [2.24, 2.45) is 0 Å². The molecule has 0 saturated carbocycles. The van der Waals surface area contributed by atoms with Gasteiger partial charge in [-0.3, -0.25) is 14.6 Å². The number of anilines is 1. The number of fused-ring (bicyclic) bond motifs is 1. The second-order valence-corrected chi connectivity index (χ2v) is 5.02. The lowest BCUT2D eigenvalue weighted by Gasteiger charge is -2.11. The quantitative estimate of drug-likeness (QED) is 0.809. The second kappa shape index (κ2) is 6.00. The van der Waals surface area contributed by atoms with Gasteiger partial charge in [0.1, 0.15) is 11.4 Å². The summed E-state index contributed by atoms with van der Waals surface area (Å²) in [6.45, 7) is 2.44. The standard InChI is InChI=1S/C17H14FN3O2/c1-2-21-10-14(17(23)20-12-4-3-7-19-9-12)16(22)13-8-11(18)5-6-15(13)21/h3-10H,2H2,1H3,(H,20,23). The van der Waals surface area contributed by atoms with Crippen molar-refractivity contribution in [2.75, 3.05) is 5.32 Å². The molecule has 0 aliphatic heterocycles. The fourth-order valence-corrected chi connectivity index (χ4v) is 2.43. The van der Waals surface area contributed by atoms with Crippen LogP contribution >= 0.6 is 0 Å². The van der Waals surface area contributed by atoms with E-state index in [4.69, 9.17) is 0 Å². The highest BCUT2D eigenvalue weighted by atomic mass is 19.1. The highest BCUT2D eigenvalue weighted by Crippen LogP contribution is 2.15. The van der Waals surface area contributed by atoms with Gasteiger partial charge in [0.05, 0.1) is 17.4 Å². The summed E-state index contributed by atoms with van der Waals surface area (Å²) in [6, 6.07) is 7.34. The number of carbonyl (C=O) groups excluding carboxylic acids is 1. The van der Waals surface area contributed by atoms with Crippen molar-refractivity contribution in [3.05, 3.63) is 70.5 Å². The molecule has 5 nitrogen and oxygen atoms in total. The minimum absolute atomic E-state index is 0.0335. The zero-order valence-electron chi connectivity index (χ0n) is 12.4. The zero-order valence-corrected chi connectivity index (χ0v) is 12.4. The first-order valence-corrected chi connectivity index (χ1v) is 7.14. The molecule has 3 aromatic rings. The number of nitrogens with zero attached hydrogens (tertiary/aromatic N) is 2. The van der Waals surface area contributed by atoms with Crippen LogP contribution in [-0.2, 0) is 6.54 Å². The maximum atomic E-state index is 13.5. The number of carbonyl (C=O) groups is 1. The van der Waals surface area contributed by atoms with E-state index in [1.807, 2.05) is 6.92 Å². The van der Waals surface area contributed by atoms with Gasteiger partial charge in [0, 0.05) is 24.3 Å². The van der Waals surface area contributed by atoms with Gasteiger partial charge in [-0.15, -0.1) is 0 Å². The lowest BCUT2D eigenvalue weighted by Crippen LogP contribution is -2.24. The Morgan fingerprint density at radius 3 is 2.87 bits per heavy atom. The highest BCUT2D eigenvalue weighted by molar-refractivity contribution is 6.05. The molecule has 2 aromatic heterocycles. The Balaban J connectivity index is 2.12. The van der Waals surface area contributed by atoms with E-state index in [-0.39, 0.29) is 10.9 Å². The monoisotopic (exact) mass is 311 g/mol. The number of amides is 1. The molecule has 0 unspecified atom stereocenters. The number of nitrogens with one attached hydrogen (secondary N) is 1. The first kappa shape index (κ1) is 14.9. The Hall–Kier alpha value is -3.02. The van der Waals surface area contributed by atoms with Gasteiger partial charge >= 0.3 is 0 Å². The van der Waals surface area contributed by atoms with Gasteiger partial charge in [0.2, 0.25) is 5.43 Å². The third-order valence-corrected chi connectivity index (χ3v) is 3.55. The van der Waals surface area contributed by atoms with Crippen molar-refractivity contribution in [3.8, 4) is 0 Å². The Kier molecular flexibility index (Phi) is 3.89. The van der Waals surface area contributed by atoms with Crippen LogP contribution in [0.4, 0.5) is 10.1 Å². The molecule has 0 fully saturated rings. The minimum Gasteiger partial charge on any atom is -0.347 e. The van der Waals surface area contributed by atoms with Gasteiger partial charge in [0.25, 0.3) is 5.91 Å². The highest BCUT2D eigenvalue weighted by Gasteiger charge is 2.16. The first-order valence-electron chi connectivity index (χ1n) is 7.14. The van der Waals surface area contributed by atoms with Crippen LogP contribution in [0.3, 0.4) is 0 Å². The van der Waals surface area contributed by atoms with Crippen molar-refractivity contribution >= 4 is 22.5 Å². The molecule has 2 heterocycles. The van der Waals surface area contributed by atoms with Crippen molar-refractivity contribution in [2.45, 2.75) is 13.5 Å². The average molecular weight is 311 g/mol. The van der Waals surface area contributed by atoms with E-state index in [0.29, 0.717) is 17.7 Å². The minimum atomic E-state index is -0.545. The van der Waals surface area contributed by atoms with Crippen molar-refractivity contribution in [1.29, 1.82) is 0 Å². The summed E-state index contributed by atoms with van der Waals surface area (Å²) >= 11 is 0. The SMILES string of the molecule is CCn1cc(C(=O)Nc2cccnc2)c(=O)c2cc(F)ccc21. The molecule has 0 saturated heterocycles. The topological polar surface area (TPSA) is 64.0 Å². The van der Waals surface area contributed by atoms with Crippen LogP contribution in [0.25, 0.3) is 10.9 Å². The maximum Gasteiger partial charge on any atom is 0.261 e. The molecular formula is C17H14FN3O2. The van der Waals surface area contributed by atoms with Crippen LogP contribution in [0.2, 0.25) is 0 Å². The maximum absolute atomic E-state index is 13.5. The largest absolute Gasteiger partial charge is 0.347 e. The van der Waals surface area contributed by atoms with Gasteiger partial charge < -0.3 is 9.88 Å². The summed E-state index contributed by atoms with van der Waals surface area (Å²) in [4.78, 5) is 28.8. The molecule has 0 aliphatic carbocycles. The predicted octanol–water partition coefficient (Wildman–Crippen LogP) is 2.81. The number of rotatable bonds is 3. The fourth-order valence-electron chi connectivity index (χ4n) is 2.43.